The fourth-order valence-corrected chi connectivity index (χ4v) is 0. The first kappa shape index (κ1) is 35.8. The van der Waals surface area contributed by atoms with Crippen molar-refractivity contribution in [3.05, 3.63) is 0 Å². The number of hydrogen-bond acceptors (Lipinski definition) is 0. The SMILES string of the molecule is [Ag].[Cu].[GaH3].[SiH4]. The summed E-state index contributed by atoms with van der Waals surface area (Å²) in [6.45, 7) is 0. The summed E-state index contributed by atoms with van der Waals surface area (Å²) in [5, 5.41) is 0. The molecule has 0 heterocycles. The van der Waals surface area contributed by atoms with E-state index < -0.39 is 0 Å². The molecule has 0 unspecified atom stereocenters. The first-order valence-electron chi connectivity index (χ1n) is 0. The van der Waals surface area contributed by atoms with Crippen molar-refractivity contribution in [1.82, 2.24) is 0 Å². The average Bonchev–Trinajstić information content (AvgIpc) is 0. The van der Waals surface area contributed by atoms with Gasteiger partial charge in [0.1, 0.15) is 0 Å². The first-order valence-corrected chi connectivity index (χ1v) is 0. The number of rotatable bonds is 0. The Hall–Kier alpha value is 2.11. The van der Waals surface area contributed by atoms with Crippen LogP contribution in [0.4, 0.5) is 0 Å². The van der Waals surface area contributed by atoms with E-state index in [0.29, 0.717) is 0 Å². The Morgan fingerprint density at radius 3 is 1.00 bits per heavy atom. The summed E-state index contributed by atoms with van der Waals surface area (Å²) < 4.78 is 0. The predicted molar refractivity (Wildman–Crippen MR) is 21.3 cm³/mol. The molecule has 0 saturated heterocycles. The van der Waals surface area contributed by atoms with Gasteiger partial charge in [0, 0.05) is 39.4 Å². The molecule has 0 aromatic carbocycles. The van der Waals surface area contributed by atoms with E-state index in [1.807, 2.05) is 0 Å². The molecule has 2 radical (unpaired) electrons. The molecule has 0 spiro atoms. The molecule has 0 aromatic heterocycles. The van der Waals surface area contributed by atoms with Crippen molar-refractivity contribution in [2.24, 2.45) is 0 Å². The summed E-state index contributed by atoms with van der Waals surface area (Å²) in [7, 11) is 0. The van der Waals surface area contributed by atoms with E-state index in [0.717, 1.165) is 0 Å². The van der Waals surface area contributed by atoms with Gasteiger partial charge < -0.3 is 0 Å². The maximum Gasteiger partial charge on any atom is -0.0149 e. The van der Waals surface area contributed by atoms with Crippen molar-refractivity contribution in [1.29, 1.82) is 0 Å². The van der Waals surface area contributed by atoms with E-state index in [9.17, 15) is 0 Å². The van der Waals surface area contributed by atoms with Gasteiger partial charge in [-0.1, -0.05) is 0 Å². The van der Waals surface area contributed by atoms with Gasteiger partial charge in [-0.2, -0.15) is 0 Å². The summed E-state index contributed by atoms with van der Waals surface area (Å²) in [5.41, 5.74) is 0. The molecular weight excluding hydrogens is 269 g/mol. The Bertz CT molecular complexity index is 8.00. The first-order chi connectivity index (χ1) is 0. The molecule has 0 saturated carbocycles. The Balaban J connectivity index is 0. The zero-order valence-electron chi connectivity index (χ0n) is 0.603. The molecule has 4 heteroatoms. The van der Waals surface area contributed by atoms with E-state index in [4.69, 9.17) is 0 Å². The second-order valence-corrected chi connectivity index (χ2v) is 0. The van der Waals surface area contributed by atoms with Gasteiger partial charge in [-0.3, -0.25) is 0 Å². The molecular formula is H7AgCuGaSi. The zero-order valence-corrected chi connectivity index (χ0v) is 3.03. The second-order valence-electron chi connectivity index (χ2n) is 0. The van der Waals surface area contributed by atoms with Gasteiger partial charge in [0.2, 0.25) is 0 Å². The van der Waals surface area contributed by atoms with Crippen molar-refractivity contribution in [2.45, 2.75) is 0 Å². The van der Waals surface area contributed by atoms with Crippen molar-refractivity contribution in [3.8, 4) is 0 Å². The van der Waals surface area contributed by atoms with E-state index >= 15 is 0 Å². The Morgan fingerprint density at radius 1 is 1.00 bits per heavy atom. The third-order valence-electron chi connectivity index (χ3n) is 0. The van der Waals surface area contributed by atoms with E-state index in [-0.39, 0.29) is 70.2 Å². The summed E-state index contributed by atoms with van der Waals surface area (Å²) in [6, 6.07) is 0. The standard InChI is InChI=1S/Ag.Cu.Ga.H4Si.3H/h;;;1H4;;;. The van der Waals surface area contributed by atoms with Crippen LogP contribution in [0.3, 0.4) is 0 Å². The van der Waals surface area contributed by atoms with Crippen molar-refractivity contribution in [3.63, 3.8) is 0 Å². The largest absolute Gasteiger partial charge is 0.0149 e. The molecule has 36 valence electrons. The molecule has 0 aliphatic carbocycles. The molecule has 4 heavy (non-hydrogen) atoms. The monoisotopic (exact) mass is 274 g/mol. The van der Waals surface area contributed by atoms with Crippen molar-refractivity contribution >= 4 is 30.8 Å². The average molecular weight is 276 g/mol. The van der Waals surface area contributed by atoms with Gasteiger partial charge >= 0.3 is 19.8 Å². The maximum absolute atomic E-state index is 0. The molecule has 0 rings (SSSR count). The molecule has 0 fully saturated rings. The van der Waals surface area contributed by atoms with Gasteiger partial charge in [0.05, 0.1) is 0 Å². The normalized spacial score (nSPS) is 0. The van der Waals surface area contributed by atoms with Crippen LogP contribution in [0, 0.1) is 0 Å². The van der Waals surface area contributed by atoms with Crippen LogP contribution in [0.15, 0.2) is 0 Å². The van der Waals surface area contributed by atoms with Crippen LogP contribution in [0.5, 0.6) is 0 Å². The van der Waals surface area contributed by atoms with Gasteiger partial charge in [-0.05, 0) is 11.0 Å². The van der Waals surface area contributed by atoms with Crippen LogP contribution in [0.2, 0.25) is 0 Å². The summed E-state index contributed by atoms with van der Waals surface area (Å²) in [5.74, 6) is 0. The van der Waals surface area contributed by atoms with Crippen LogP contribution in [0.25, 0.3) is 0 Å². The fourth-order valence-electron chi connectivity index (χ4n) is 0. The molecule has 0 aromatic rings. The molecule has 0 nitrogen and oxygen atoms in total. The molecule has 0 aliphatic heterocycles. The molecule has 0 atom stereocenters. The third kappa shape index (κ3) is 8.93. The summed E-state index contributed by atoms with van der Waals surface area (Å²) in [6.07, 6.45) is 0. The fraction of sp³-hybridized carbons (Fsp3) is 0. The van der Waals surface area contributed by atoms with Crippen molar-refractivity contribution in [2.75, 3.05) is 0 Å². The van der Waals surface area contributed by atoms with Crippen LogP contribution in [-0.2, 0) is 39.4 Å². The topological polar surface area (TPSA) is 0 Å². The second kappa shape index (κ2) is 19.4. The Kier molecular flexibility index (Phi) is 173. The van der Waals surface area contributed by atoms with Gasteiger partial charge in [0.25, 0.3) is 0 Å². The van der Waals surface area contributed by atoms with E-state index in [1.165, 1.54) is 0 Å². The van der Waals surface area contributed by atoms with E-state index in [1.54, 1.807) is 0 Å². The van der Waals surface area contributed by atoms with Gasteiger partial charge in [-0.25, -0.2) is 0 Å². The third-order valence-corrected chi connectivity index (χ3v) is 0. The predicted octanol–water partition coefficient (Wildman–Crippen LogP) is -2.64. The quantitative estimate of drug-likeness (QED) is 0.424. The number of hydrogen-bond donors (Lipinski definition) is 0. The molecule has 0 aliphatic rings. The summed E-state index contributed by atoms with van der Waals surface area (Å²) in [4.78, 5) is 0. The van der Waals surface area contributed by atoms with Gasteiger partial charge in [-0.15, -0.1) is 0 Å². The Labute approximate surface area is 69.6 Å². The van der Waals surface area contributed by atoms with Crippen LogP contribution >= 0.6 is 0 Å². The smallest absolute Gasteiger partial charge is 0.0149 e. The molecule has 0 amide bonds. The van der Waals surface area contributed by atoms with Crippen LogP contribution in [0.1, 0.15) is 0 Å². The van der Waals surface area contributed by atoms with Crippen LogP contribution < -0.4 is 0 Å². The Morgan fingerprint density at radius 2 is 1.00 bits per heavy atom. The van der Waals surface area contributed by atoms with Crippen LogP contribution in [-0.4, -0.2) is 30.8 Å². The van der Waals surface area contributed by atoms with E-state index in [2.05, 4.69) is 0 Å². The summed E-state index contributed by atoms with van der Waals surface area (Å²) >= 11 is 0. The minimum atomic E-state index is 0. The molecule has 0 bridgehead atoms. The van der Waals surface area contributed by atoms with Crippen molar-refractivity contribution < 1.29 is 39.4 Å². The van der Waals surface area contributed by atoms with Gasteiger partial charge in [0.15, 0.2) is 0 Å². The molecule has 0 N–H and O–H groups in total. The minimum absolute atomic E-state index is 0. The zero-order chi connectivity index (χ0) is 0. The minimum Gasteiger partial charge on any atom is -0.0149 e. The maximum atomic E-state index is 0.